The summed E-state index contributed by atoms with van der Waals surface area (Å²) in [5.41, 5.74) is 1.07. The number of Topliss-reactive ketones (excluding diaryl/α,β-unsaturated/α-hetero) is 2. The summed E-state index contributed by atoms with van der Waals surface area (Å²) in [7, 11) is 2.76. The molecule has 0 spiro atoms. The van der Waals surface area contributed by atoms with Gasteiger partial charge >= 0.3 is 0 Å². The van der Waals surface area contributed by atoms with Gasteiger partial charge in [-0.15, -0.1) is 0 Å². The van der Waals surface area contributed by atoms with Gasteiger partial charge in [0.2, 0.25) is 11.5 Å². The third kappa shape index (κ3) is 12.9. The van der Waals surface area contributed by atoms with E-state index in [4.69, 9.17) is 60.6 Å². The number of hydrogen-bond donors (Lipinski definition) is 3. The Labute approximate surface area is 341 Å². The molecule has 0 saturated carbocycles. The molecule has 0 atom stereocenters. The summed E-state index contributed by atoms with van der Waals surface area (Å²) < 4.78 is 15.3. The van der Waals surface area contributed by atoms with Crippen LogP contribution in [0.3, 0.4) is 0 Å². The Morgan fingerprint density at radius 3 is 1.43 bits per heavy atom. The number of carbonyl (C=O) groups is 2. The average molecular weight is 1160 g/mol. The van der Waals surface area contributed by atoms with Crippen molar-refractivity contribution >= 4 is 73.9 Å². The first-order valence-corrected chi connectivity index (χ1v) is 16.3. The van der Waals surface area contributed by atoms with E-state index >= 15 is 0 Å². The summed E-state index contributed by atoms with van der Waals surface area (Å²) in [6.45, 7) is 4.08. The van der Waals surface area contributed by atoms with Gasteiger partial charge in [-0.3, -0.25) is 19.6 Å². The molecule has 17 heteroatoms. The van der Waals surface area contributed by atoms with Gasteiger partial charge in [0.1, 0.15) is 0 Å². The quantitative estimate of drug-likeness (QED) is 0.0802. The number of rotatable bonds is 10. The maximum Gasteiger partial charge on any atom is 0.201 e. The molecule has 0 bridgehead atoms. The molecule has 10 nitrogen and oxygen atoms in total. The van der Waals surface area contributed by atoms with Crippen LogP contribution in [0.2, 0.25) is 20.1 Å². The summed E-state index contributed by atoms with van der Waals surface area (Å²) >= 11 is 27.1. The van der Waals surface area contributed by atoms with Crippen molar-refractivity contribution in [3.8, 4) is 34.5 Å². The molecule has 0 aliphatic rings. The van der Waals surface area contributed by atoms with E-state index in [1.807, 2.05) is 6.92 Å². The molecule has 0 unspecified atom stereocenters. The molecule has 4 aromatic rings. The van der Waals surface area contributed by atoms with Gasteiger partial charge in [0.15, 0.2) is 34.6 Å². The number of hydrogen-bond acceptors (Lipinski definition) is 10. The van der Waals surface area contributed by atoms with Crippen LogP contribution in [-0.2, 0) is 55.0 Å². The molecule has 2 aromatic heterocycles. The maximum absolute atomic E-state index is 12.6. The van der Waals surface area contributed by atoms with E-state index in [-0.39, 0.29) is 112 Å². The van der Waals surface area contributed by atoms with Crippen LogP contribution < -0.4 is 14.2 Å². The van der Waals surface area contributed by atoms with Gasteiger partial charge in [-0.2, -0.15) is 0 Å². The van der Waals surface area contributed by atoms with E-state index in [0.29, 0.717) is 21.2 Å². The Bertz CT molecular complexity index is 1680. The number of benzene rings is 2. The minimum atomic E-state index is -0.541. The normalized spacial score (nSPS) is 9.73. The molecule has 0 saturated heterocycles. The second-order valence-electron chi connectivity index (χ2n) is 9.07. The monoisotopic (exact) mass is 1160 g/mol. The molecule has 0 amide bonds. The third-order valence-corrected chi connectivity index (χ3v) is 7.42. The van der Waals surface area contributed by atoms with Gasteiger partial charge < -0.3 is 29.5 Å². The molecular formula is C32H31BrCl4N2O8W2. The van der Waals surface area contributed by atoms with Gasteiger partial charge in [0, 0.05) is 96.2 Å². The third-order valence-electron chi connectivity index (χ3n) is 6.12. The first-order valence-electron chi connectivity index (χ1n) is 13.7. The molecule has 0 aliphatic carbocycles. The number of methoxy groups -OCH3 is 2. The summed E-state index contributed by atoms with van der Waals surface area (Å²) in [6.07, 6.45) is 5.43. The Morgan fingerprint density at radius 2 is 1.04 bits per heavy atom. The van der Waals surface area contributed by atoms with Crippen LogP contribution in [0.15, 0.2) is 49.1 Å². The molecule has 264 valence electrons. The number of nitrogens with zero attached hydrogens (tertiary/aromatic N) is 2. The molecular weight excluding hydrogens is 1130 g/mol. The number of aromatic hydroxyl groups is 3. The molecule has 0 radical (unpaired) electrons. The SMILES string of the molecule is CCBr.CCOc1c(C(=O)Cc2c(Cl)cncc2Cl)ccc(OC)c1O.COc1ccc(C(=O)Cc2c(Cl)cncc2Cl)c(O)c1O.[W].[W]. The number of aromatic nitrogens is 2. The fraction of sp³-hybridized carbons (Fsp3) is 0.250. The number of ether oxygens (including phenoxy) is 3. The average Bonchev–Trinajstić information content (AvgIpc) is 3.03. The molecule has 3 N–H and O–H groups in total. The second kappa shape index (κ2) is 23.4. The van der Waals surface area contributed by atoms with Crippen LogP contribution in [0.1, 0.15) is 45.7 Å². The van der Waals surface area contributed by atoms with Crippen molar-refractivity contribution in [3.63, 3.8) is 0 Å². The Morgan fingerprint density at radius 1 is 0.673 bits per heavy atom. The van der Waals surface area contributed by atoms with Crippen LogP contribution in [0.25, 0.3) is 0 Å². The standard InChI is InChI=1S/C16H15Cl2NO4.C14H11Cl2NO4.C2H5Br.2W/c1-3-23-16-9(4-5-14(22-2)15(16)21)13(20)6-10-11(17)7-19-8-12(10)18;1-21-12-3-2-7(13(19)14(12)20)11(18)4-8-9(15)5-17-6-10(8)16;1-2-3;;/h4-5,7-8,21H,3,6H2,1-2H3;2-3,5-6,19-20H,4H2,1H3;2H2,1H3;;. The zero-order valence-corrected chi connectivity index (χ0v) is 36.9. The topological polar surface area (TPSA) is 148 Å². The fourth-order valence-corrected chi connectivity index (χ4v) is 4.90. The number of carbonyl (C=O) groups excluding carboxylic acids is 2. The molecule has 2 aromatic carbocycles. The van der Waals surface area contributed by atoms with E-state index in [2.05, 4.69) is 25.9 Å². The maximum atomic E-state index is 12.6. The zero-order chi connectivity index (χ0) is 35.3. The van der Waals surface area contributed by atoms with Gasteiger partial charge in [0.25, 0.3) is 0 Å². The Hall–Kier alpha value is -2.10. The number of phenols is 3. The van der Waals surface area contributed by atoms with Crippen LogP contribution in [0.5, 0.6) is 34.5 Å². The summed E-state index contributed by atoms with van der Waals surface area (Å²) in [5.74, 6) is -1.60. The van der Waals surface area contributed by atoms with Crippen molar-refractivity contribution in [1.82, 2.24) is 9.97 Å². The largest absolute Gasteiger partial charge is 0.504 e. The van der Waals surface area contributed by atoms with E-state index in [0.717, 1.165) is 5.33 Å². The van der Waals surface area contributed by atoms with E-state index in [1.54, 1.807) is 6.92 Å². The number of ketones is 2. The van der Waals surface area contributed by atoms with Crippen LogP contribution in [0.4, 0.5) is 0 Å². The van der Waals surface area contributed by atoms with Crippen molar-refractivity contribution in [2.24, 2.45) is 0 Å². The number of pyridine rings is 2. The van der Waals surface area contributed by atoms with Crippen LogP contribution >= 0.6 is 62.3 Å². The fourth-order valence-electron chi connectivity index (χ4n) is 3.90. The van der Waals surface area contributed by atoms with Crippen molar-refractivity contribution in [1.29, 1.82) is 0 Å². The van der Waals surface area contributed by atoms with Crippen molar-refractivity contribution in [3.05, 3.63) is 91.4 Å². The van der Waals surface area contributed by atoms with Crippen molar-refractivity contribution in [2.45, 2.75) is 26.7 Å². The number of phenolic OH excluding ortho intramolecular Hbond substituents is 3. The summed E-state index contributed by atoms with van der Waals surface area (Å²) in [5, 5.41) is 31.9. The second-order valence-corrected chi connectivity index (χ2v) is 11.8. The van der Waals surface area contributed by atoms with Gasteiger partial charge in [0.05, 0.1) is 52.0 Å². The molecule has 0 aliphatic heterocycles. The molecule has 0 fully saturated rings. The molecule has 2 heterocycles. The first kappa shape index (κ1) is 46.9. The van der Waals surface area contributed by atoms with E-state index in [9.17, 15) is 24.9 Å². The van der Waals surface area contributed by atoms with Gasteiger partial charge in [-0.1, -0.05) is 69.3 Å². The Kier molecular flexibility index (Phi) is 22.4. The summed E-state index contributed by atoms with van der Waals surface area (Å²) in [4.78, 5) is 32.5. The zero-order valence-electron chi connectivity index (χ0n) is 26.4. The first-order chi connectivity index (χ1) is 22.4. The van der Waals surface area contributed by atoms with Crippen LogP contribution in [0, 0.1) is 0 Å². The van der Waals surface area contributed by atoms with Crippen molar-refractivity contribution < 1.29 is 81.2 Å². The predicted octanol–water partition coefficient (Wildman–Crippen LogP) is 8.56. The number of alkyl halides is 1. The van der Waals surface area contributed by atoms with Gasteiger partial charge in [-0.05, 0) is 31.2 Å². The summed E-state index contributed by atoms with van der Waals surface area (Å²) in [6, 6.07) is 5.78. The predicted molar refractivity (Wildman–Crippen MR) is 186 cm³/mol. The molecule has 4 rings (SSSR count). The molecule has 49 heavy (non-hydrogen) atoms. The van der Waals surface area contributed by atoms with Gasteiger partial charge in [-0.25, -0.2) is 0 Å². The minimum absolute atomic E-state index is 0. The van der Waals surface area contributed by atoms with Crippen molar-refractivity contribution in [2.75, 3.05) is 26.2 Å². The van der Waals surface area contributed by atoms with Crippen LogP contribution in [-0.4, -0.2) is 63.0 Å². The number of halogens is 5. The Balaban J connectivity index is 0.000000841. The minimum Gasteiger partial charge on any atom is -0.504 e. The smallest absolute Gasteiger partial charge is 0.201 e. The van der Waals surface area contributed by atoms with E-state index < -0.39 is 17.3 Å². The van der Waals surface area contributed by atoms with E-state index in [1.165, 1.54) is 63.3 Å².